The quantitative estimate of drug-likeness (QED) is 0.588. The molecule has 4 heteroatoms. The summed E-state index contributed by atoms with van der Waals surface area (Å²) in [6, 6.07) is 15.8. The third-order valence-corrected chi connectivity index (χ3v) is 3.70. The van der Waals surface area contributed by atoms with E-state index < -0.39 is 0 Å². The van der Waals surface area contributed by atoms with Crippen LogP contribution in [0.3, 0.4) is 0 Å². The van der Waals surface area contributed by atoms with Crippen molar-refractivity contribution in [2.45, 2.75) is 13.8 Å². The van der Waals surface area contributed by atoms with Gasteiger partial charge >= 0.3 is 5.97 Å². The minimum Gasteiger partial charge on any atom is -0.463 e. The van der Waals surface area contributed by atoms with Gasteiger partial charge in [-0.25, -0.2) is 4.79 Å². The van der Waals surface area contributed by atoms with Gasteiger partial charge in [0.1, 0.15) is 0 Å². The number of hydrogen-bond donors (Lipinski definition) is 1. The Bertz CT molecular complexity index is 863. The Hall–Kier alpha value is -2.88. The van der Waals surface area contributed by atoms with Gasteiger partial charge < -0.3 is 4.74 Å². The zero-order valence-electron chi connectivity index (χ0n) is 13.2. The highest BCUT2D eigenvalue weighted by molar-refractivity contribution is 5.98. The molecule has 3 aromatic rings. The average molecular weight is 306 g/mol. The summed E-state index contributed by atoms with van der Waals surface area (Å²) in [4.78, 5) is 12.0. The molecular formula is C19H18N2O2. The Kier molecular flexibility index (Phi) is 4.24. The van der Waals surface area contributed by atoms with Crippen LogP contribution in [0.1, 0.15) is 23.7 Å². The fourth-order valence-electron chi connectivity index (χ4n) is 2.57. The van der Waals surface area contributed by atoms with E-state index in [1.807, 2.05) is 55.5 Å². The van der Waals surface area contributed by atoms with Crippen LogP contribution in [0.25, 0.3) is 16.5 Å². The van der Waals surface area contributed by atoms with E-state index in [1.165, 1.54) is 0 Å². The number of nitrogens with zero attached hydrogens (tertiary/aromatic N) is 1. The van der Waals surface area contributed by atoms with Gasteiger partial charge in [0.15, 0.2) is 0 Å². The molecule has 2 aromatic carbocycles. The van der Waals surface area contributed by atoms with Crippen LogP contribution in [0.2, 0.25) is 0 Å². The number of esters is 1. The number of nitrogens with one attached hydrogen (secondary N) is 1. The second kappa shape index (κ2) is 6.48. The number of aromatic nitrogens is 2. The van der Waals surface area contributed by atoms with Crippen molar-refractivity contribution in [3.05, 3.63) is 71.4 Å². The standard InChI is InChI=1S/C19H18N2O2/c1-3-23-19(22)12-17(14-7-5-4-6-8-14)15-9-10-18-16(11-15)13(2)20-21-18/h4-12H,3H2,1-2H3,(H,20,21). The van der Waals surface area contributed by atoms with Gasteiger partial charge in [0, 0.05) is 11.5 Å². The van der Waals surface area contributed by atoms with Gasteiger partial charge in [0.25, 0.3) is 0 Å². The van der Waals surface area contributed by atoms with Gasteiger partial charge in [-0.2, -0.15) is 5.10 Å². The minimum atomic E-state index is -0.338. The van der Waals surface area contributed by atoms with Gasteiger partial charge in [0.05, 0.1) is 17.8 Å². The van der Waals surface area contributed by atoms with Gasteiger partial charge in [-0.05, 0) is 42.7 Å². The predicted octanol–water partition coefficient (Wildman–Crippen LogP) is 3.87. The minimum absolute atomic E-state index is 0.338. The van der Waals surface area contributed by atoms with Crippen molar-refractivity contribution in [2.24, 2.45) is 0 Å². The summed E-state index contributed by atoms with van der Waals surface area (Å²) in [6.45, 7) is 4.12. The lowest BCUT2D eigenvalue weighted by Gasteiger charge is -2.09. The first-order valence-electron chi connectivity index (χ1n) is 7.58. The van der Waals surface area contributed by atoms with E-state index in [0.717, 1.165) is 33.3 Å². The lowest BCUT2D eigenvalue weighted by Crippen LogP contribution is -2.01. The highest BCUT2D eigenvalue weighted by atomic mass is 16.5. The van der Waals surface area contributed by atoms with Gasteiger partial charge in [0.2, 0.25) is 0 Å². The lowest BCUT2D eigenvalue weighted by molar-refractivity contribution is -0.137. The first-order chi connectivity index (χ1) is 11.2. The molecule has 0 bridgehead atoms. The molecule has 0 saturated carbocycles. The Morgan fingerprint density at radius 3 is 2.70 bits per heavy atom. The van der Waals surface area contributed by atoms with Gasteiger partial charge in [-0.3, -0.25) is 5.10 Å². The van der Waals surface area contributed by atoms with Crippen molar-refractivity contribution in [3.8, 4) is 0 Å². The zero-order chi connectivity index (χ0) is 16.2. The molecule has 1 aromatic heterocycles. The Morgan fingerprint density at radius 2 is 1.96 bits per heavy atom. The second-order valence-electron chi connectivity index (χ2n) is 5.25. The van der Waals surface area contributed by atoms with E-state index >= 15 is 0 Å². The largest absolute Gasteiger partial charge is 0.463 e. The maximum Gasteiger partial charge on any atom is 0.331 e. The molecular weight excluding hydrogens is 288 g/mol. The molecule has 0 aliphatic rings. The lowest BCUT2D eigenvalue weighted by atomic mass is 9.96. The normalized spacial score (nSPS) is 11.7. The first kappa shape index (κ1) is 15.0. The molecule has 1 N–H and O–H groups in total. The highest BCUT2D eigenvalue weighted by Gasteiger charge is 2.10. The van der Waals surface area contributed by atoms with Crippen LogP contribution in [0.15, 0.2) is 54.6 Å². The number of benzene rings is 2. The fourth-order valence-corrected chi connectivity index (χ4v) is 2.57. The van der Waals surface area contributed by atoms with Crippen LogP contribution in [-0.4, -0.2) is 22.8 Å². The number of hydrogen-bond acceptors (Lipinski definition) is 3. The van der Waals surface area contributed by atoms with Crippen molar-refractivity contribution >= 4 is 22.4 Å². The first-order valence-corrected chi connectivity index (χ1v) is 7.58. The Labute approximate surface area is 134 Å². The van der Waals surface area contributed by atoms with E-state index in [-0.39, 0.29) is 5.97 Å². The molecule has 0 aliphatic heterocycles. The molecule has 1 heterocycles. The van der Waals surface area contributed by atoms with Crippen LogP contribution < -0.4 is 0 Å². The van der Waals surface area contributed by atoms with Crippen LogP contribution >= 0.6 is 0 Å². The Morgan fingerprint density at radius 1 is 1.17 bits per heavy atom. The molecule has 4 nitrogen and oxygen atoms in total. The van der Waals surface area contributed by atoms with Crippen molar-refractivity contribution in [1.82, 2.24) is 10.2 Å². The van der Waals surface area contributed by atoms with Crippen molar-refractivity contribution < 1.29 is 9.53 Å². The number of fused-ring (bicyclic) bond motifs is 1. The van der Waals surface area contributed by atoms with E-state index in [1.54, 1.807) is 13.0 Å². The monoisotopic (exact) mass is 306 g/mol. The SMILES string of the molecule is CCOC(=O)C=C(c1ccccc1)c1ccc2[nH]nc(C)c2c1. The summed E-state index contributed by atoms with van der Waals surface area (Å²) in [6.07, 6.45) is 1.55. The Balaban J connectivity index is 2.13. The zero-order valence-corrected chi connectivity index (χ0v) is 13.2. The van der Waals surface area contributed by atoms with E-state index in [4.69, 9.17) is 4.74 Å². The molecule has 0 amide bonds. The van der Waals surface area contributed by atoms with Crippen molar-refractivity contribution in [3.63, 3.8) is 0 Å². The van der Waals surface area contributed by atoms with Crippen LogP contribution in [0.4, 0.5) is 0 Å². The van der Waals surface area contributed by atoms with E-state index in [2.05, 4.69) is 10.2 Å². The second-order valence-corrected chi connectivity index (χ2v) is 5.25. The third kappa shape index (κ3) is 3.16. The molecule has 0 saturated heterocycles. The van der Waals surface area contributed by atoms with E-state index in [0.29, 0.717) is 6.61 Å². The maximum absolute atomic E-state index is 12.0. The molecule has 23 heavy (non-hydrogen) atoms. The summed E-state index contributed by atoms with van der Waals surface area (Å²) < 4.78 is 5.08. The summed E-state index contributed by atoms with van der Waals surface area (Å²) in [5.41, 5.74) is 4.69. The topological polar surface area (TPSA) is 55.0 Å². The molecule has 0 aliphatic carbocycles. The highest BCUT2D eigenvalue weighted by Crippen LogP contribution is 2.27. The van der Waals surface area contributed by atoms with Crippen LogP contribution in [0.5, 0.6) is 0 Å². The molecule has 0 spiro atoms. The van der Waals surface area contributed by atoms with Crippen molar-refractivity contribution in [2.75, 3.05) is 6.61 Å². The van der Waals surface area contributed by atoms with Gasteiger partial charge in [-0.1, -0.05) is 36.4 Å². The van der Waals surface area contributed by atoms with Crippen molar-refractivity contribution in [1.29, 1.82) is 0 Å². The summed E-state index contributed by atoms with van der Waals surface area (Å²) in [7, 11) is 0. The van der Waals surface area contributed by atoms with Crippen LogP contribution in [-0.2, 0) is 9.53 Å². The fraction of sp³-hybridized carbons (Fsp3) is 0.158. The third-order valence-electron chi connectivity index (χ3n) is 3.70. The summed E-state index contributed by atoms with van der Waals surface area (Å²) >= 11 is 0. The maximum atomic E-state index is 12.0. The molecule has 0 unspecified atom stereocenters. The average Bonchev–Trinajstić information content (AvgIpc) is 2.94. The smallest absolute Gasteiger partial charge is 0.331 e. The summed E-state index contributed by atoms with van der Waals surface area (Å²) in [5, 5.41) is 8.27. The number of carbonyl (C=O) groups excluding carboxylic acids is 1. The van der Waals surface area contributed by atoms with E-state index in [9.17, 15) is 4.79 Å². The number of aromatic amines is 1. The number of ether oxygens (including phenoxy) is 1. The number of carbonyl (C=O) groups is 1. The predicted molar refractivity (Wildman–Crippen MR) is 91.0 cm³/mol. The number of aryl methyl sites for hydroxylation is 1. The number of H-pyrrole nitrogens is 1. The molecule has 0 fully saturated rings. The summed E-state index contributed by atoms with van der Waals surface area (Å²) in [5.74, 6) is -0.338. The molecule has 116 valence electrons. The molecule has 0 radical (unpaired) electrons. The number of rotatable bonds is 4. The van der Waals surface area contributed by atoms with Gasteiger partial charge in [-0.15, -0.1) is 0 Å². The van der Waals surface area contributed by atoms with Crippen LogP contribution in [0, 0.1) is 6.92 Å². The molecule has 0 atom stereocenters. The molecule has 3 rings (SSSR count).